The molecule has 0 bridgehead atoms. The fourth-order valence-electron chi connectivity index (χ4n) is 8.12. The number of aromatic nitrogens is 3. The van der Waals surface area contributed by atoms with Crippen LogP contribution in [0.25, 0.3) is 94.4 Å². The van der Waals surface area contributed by atoms with E-state index in [0.29, 0.717) is 17.6 Å². The normalized spacial score (nSPS) is 11.8. The molecule has 12 aromatic rings. The Morgan fingerprint density at radius 1 is 0.293 bits per heavy atom. The smallest absolute Gasteiger partial charge is 0.238 e. The van der Waals surface area contributed by atoms with E-state index in [4.69, 9.17) is 15.0 Å². The van der Waals surface area contributed by atoms with Crippen molar-refractivity contribution in [1.82, 2.24) is 15.0 Å². The van der Waals surface area contributed by atoms with Gasteiger partial charge in [-0.05, 0) is 96.1 Å². The largest absolute Gasteiger partial charge is 0.279 e. The summed E-state index contributed by atoms with van der Waals surface area (Å²) < 4.78 is 7.53. The monoisotopic (exact) mass is 794 g/mol. The van der Waals surface area contributed by atoms with E-state index in [1.165, 1.54) is 66.1 Å². The van der Waals surface area contributed by atoms with Crippen molar-refractivity contribution in [2.45, 2.75) is 0 Å². The van der Waals surface area contributed by atoms with Gasteiger partial charge in [0, 0.05) is 83.0 Å². The Morgan fingerprint density at radius 3 is 1.22 bits per heavy atom. The maximum Gasteiger partial charge on any atom is 0.238 e. The van der Waals surface area contributed by atoms with Crippen molar-refractivity contribution in [3.05, 3.63) is 182 Å². The molecule has 0 spiro atoms. The molecule has 0 aliphatic carbocycles. The number of rotatable bonds is 6. The summed E-state index contributed by atoms with van der Waals surface area (Å²) >= 11 is 5.45. The van der Waals surface area contributed by atoms with Crippen molar-refractivity contribution in [2.75, 3.05) is 4.90 Å². The average Bonchev–Trinajstić information content (AvgIpc) is 3.97. The van der Waals surface area contributed by atoms with E-state index in [-0.39, 0.29) is 0 Å². The zero-order valence-corrected chi connectivity index (χ0v) is 33.3. The van der Waals surface area contributed by atoms with Gasteiger partial charge in [0.05, 0.1) is 0 Å². The molecule has 0 fully saturated rings. The molecule has 0 unspecified atom stereocenters. The van der Waals surface area contributed by atoms with E-state index >= 15 is 0 Å². The third kappa shape index (κ3) is 5.58. The van der Waals surface area contributed by atoms with Crippen molar-refractivity contribution >= 4 is 112 Å². The molecule has 0 radical (unpaired) electrons. The SMILES string of the molecule is c1ccc(-c2ccc(N(c3ccc4sc5ccccc5c4c3)c3nc(-c4ccc5sc6ccccc6c5c4)nc(-c4ccc5sc6ccccc6c5c4)n3)cc2)cc1. The Morgan fingerprint density at radius 2 is 0.690 bits per heavy atom. The summed E-state index contributed by atoms with van der Waals surface area (Å²) in [5, 5.41) is 7.35. The molecule has 0 saturated heterocycles. The average molecular weight is 795 g/mol. The highest BCUT2D eigenvalue weighted by Gasteiger charge is 2.22. The lowest BCUT2D eigenvalue weighted by Crippen LogP contribution is -2.15. The number of thiophene rings is 3. The van der Waals surface area contributed by atoms with Crippen molar-refractivity contribution in [3.8, 4) is 33.9 Å². The lowest BCUT2D eigenvalue weighted by atomic mass is 10.1. The molecule has 7 heteroatoms. The second kappa shape index (κ2) is 13.4. The van der Waals surface area contributed by atoms with Gasteiger partial charge in [0.2, 0.25) is 5.95 Å². The number of anilines is 3. The van der Waals surface area contributed by atoms with Gasteiger partial charge >= 0.3 is 0 Å². The third-order valence-corrected chi connectivity index (χ3v) is 14.4. The summed E-state index contributed by atoms with van der Waals surface area (Å²) in [4.78, 5) is 18.2. The molecular formula is C51H30N4S3. The summed E-state index contributed by atoms with van der Waals surface area (Å²) in [6, 6.07) is 65.0. The zero-order valence-electron chi connectivity index (χ0n) is 30.8. The molecule has 8 aromatic carbocycles. The number of hydrogen-bond acceptors (Lipinski definition) is 7. The first-order chi connectivity index (χ1) is 28.7. The molecule has 272 valence electrons. The Bertz CT molecular complexity index is 3400. The topological polar surface area (TPSA) is 41.9 Å². The highest BCUT2D eigenvalue weighted by atomic mass is 32.1. The van der Waals surface area contributed by atoms with Gasteiger partial charge < -0.3 is 0 Å². The summed E-state index contributed by atoms with van der Waals surface area (Å²) in [5.74, 6) is 1.80. The molecule has 0 N–H and O–H groups in total. The highest BCUT2D eigenvalue weighted by Crippen LogP contribution is 2.42. The number of fused-ring (bicyclic) bond motifs is 9. The predicted octanol–water partition coefficient (Wildman–Crippen LogP) is 15.4. The molecule has 58 heavy (non-hydrogen) atoms. The molecule has 4 aromatic heterocycles. The van der Waals surface area contributed by atoms with Gasteiger partial charge in [0.1, 0.15) is 0 Å². The maximum atomic E-state index is 5.38. The van der Waals surface area contributed by atoms with E-state index < -0.39 is 0 Å². The fraction of sp³-hybridized carbons (Fsp3) is 0. The summed E-state index contributed by atoms with van der Waals surface area (Å²) in [5.41, 5.74) is 6.14. The molecule has 0 saturated carbocycles. The summed E-state index contributed by atoms with van der Waals surface area (Å²) in [6.45, 7) is 0. The third-order valence-electron chi connectivity index (χ3n) is 10.9. The Balaban J connectivity index is 1.10. The van der Waals surface area contributed by atoms with Gasteiger partial charge in [-0.2, -0.15) is 9.97 Å². The standard InChI is InChI=1S/C51H30N4S3/c1-2-10-31(11-3-1)32-18-22-35(23-19-32)55(36-24-27-48-42(30-36)39-14-6-9-17-45(39)58-48)51-53-49(33-20-25-46-40(28-33)37-12-4-7-15-43(37)56-46)52-50(54-51)34-21-26-47-41(29-34)38-13-5-8-16-44(38)57-47/h1-30H. The fourth-order valence-corrected chi connectivity index (χ4v) is 11.4. The zero-order chi connectivity index (χ0) is 38.2. The van der Waals surface area contributed by atoms with Gasteiger partial charge in [-0.25, -0.2) is 4.98 Å². The van der Waals surface area contributed by atoms with Crippen LogP contribution in [0.4, 0.5) is 17.3 Å². The van der Waals surface area contributed by atoms with Crippen LogP contribution in [0.15, 0.2) is 182 Å². The molecular weight excluding hydrogens is 765 g/mol. The van der Waals surface area contributed by atoms with Crippen molar-refractivity contribution in [2.24, 2.45) is 0 Å². The van der Waals surface area contributed by atoms with E-state index in [9.17, 15) is 0 Å². The van der Waals surface area contributed by atoms with E-state index in [1.807, 2.05) is 34.0 Å². The molecule has 0 atom stereocenters. The van der Waals surface area contributed by atoms with Crippen LogP contribution in [0.3, 0.4) is 0 Å². The minimum atomic E-state index is 0.553. The van der Waals surface area contributed by atoms with E-state index in [0.717, 1.165) is 28.1 Å². The van der Waals surface area contributed by atoms with Crippen LogP contribution >= 0.6 is 34.0 Å². The van der Waals surface area contributed by atoms with Crippen LogP contribution < -0.4 is 4.90 Å². The van der Waals surface area contributed by atoms with E-state index in [1.54, 1.807) is 0 Å². The van der Waals surface area contributed by atoms with Crippen LogP contribution in [0, 0.1) is 0 Å². The quantitative estimate of drug-likeness (QED) is 0.168. The highest BCUT2D eigenvalue weighted by molar-refractivity contribution is 7.26. The summed E-state index contributed by atoms with van der Waals surface area (Å²) in [7, 11) is 0. The van der Waals surface area contributed by atoms with Gasteiger partial charge in [0.25, 0.3) is 0 Å². The minimum Gasteiger partial charge on any atom is -0.279 e. The Labute approximate surface area is 345 Å². The van der Waals surface area contributed by atoms with Crippen LogP contribution in [0.1, 0.15) is 0 Å². The molecule has 0 amide bonds. The van der Waals surface area contributed by atoms with Crippen LogP contribution in [-0.4, -0.2) is 15.0 Å². The number of benzene rings is 8. The lowest BCUT2D eigenvalue weighted by Gasteiger charge is -2.24. The molecule has 0 aliphatic rings. The van der Waals surface area contributed by atoms with Crippen molar-refractivity contribution in [3.63, 3.8) is 0 Å². The first-order valence-electron chi connectivity index (χ1n) is 19.2. The van der Waals surface area contributed by atoms with Crippen LogP contribution in [0.2, 0.25) is 0 Å². The van der Waals surface area contributed by atoms with Gasteiger partial charge in [-0.1, -0.05) is 97.1 Å². The van der Waals surface area contributed by atoms with Crippen LogP contribution in [-0.2, 0) is 0 Å². The maximum absolute atomic E-state index is 5.38. The van der Waals surface area contributed by atoms with Crippen LogP contribution in [0.5, 0.6) is 0 Å². The lowest BCUT2D eigenvalue weighted by molar-refractivity contribution is 1.02. The molecule has 4 heterocycles. The van der Waals surface area contributed by atoms with Gasteiger partial charge in [0.15, 0.2) is 11.6 Å². The minimum absolute atomic E-state index is 0.553. The predicted molar refractivity (Wildman–Crippen MR) is 249 cm³/mol. The Kier molecular flexibility index (Phi) is 7.72. The Hall–Kier alpha value is -6.77. The van der Waals surface area contributed by atoms with Crippen molar-refractivity contribution in [1.29, 1.82) is 0 Å². The second-order valence-electron chi connectivity index (χ2n) is 14.4. The summed E-state index contributed by atoms with van der Waals surface area (Å²) in [6.07, 6.45) is 0. The number of hydrogen-bond donors (Lipinski definition) is 0. The van der Waals surface area contributed by atoms with E-state index in [2.05, 4.69) is 187 Å². The van der Waals surface area contributed by atoms with Crippen molar-refractivity contribution < 1.29 is 0 Å². The van der Waals surface area contributed by atoms with Gasteiger partial charge in [-0.3, -0.25) is 4.90 Å². The molecule has 0 aliphatic heterocycles. The molecule has 12 rings (SSSR count). The first kappa shape index (κ1) is 33.4. The number of nitrogens with zero attached hydrogens (tertiary/aromatic N) is 4. The second-order valence-corrected chi connectivity index (χ2v) is 17.7. The van der Waals surface area contributed by atoms with Gasteiger partial charge in [-0.15, -0.1) is 34.0 Å². The first-order valence-corrected chi connectivity index (χ1v) is 21.6. The molecule has 4 nitrogen and oxygen atoms in total.